The smallest absolute Gasteiger partial charge is 0.230 e. The summed E-state index contributed by atoms with van der Waals surface area (Å²) < 4.78 is 0. The van der Waals surface area contributed by atoms with Crippen LogP contribution in [0.2, 0.25) is 0 Å². The maximum absolute atomic E-state index is 12.6. The van der Waals surface area contributed by atoms with Crippen molar-refractivity contribution in [1.29, 1.82) is 0 Å². The molecule has 4 heteroatoms. The molecule has 0 aromatic carbocycles. The van der Waals surface area contributed by atoms with Crippen LogP contribution < -0.4 is 0 Å². The minimum atomic E-state index is -0.173. The summed E-state index contributed by atoms with van der Waals surface area (Å²) in [5, 5.41) is 9.28. The molecular weight excluding hydrogens is 240 g/mol. The topological polar surface area (TPSA) is 53.4 Å². The second kappa shape index (κ2) is 6.15. The quantitative estimate of drug-likeness (QED) is 0.903. The lowest BCUT2D eigenvalue weighted by Crippen LogP contribution is -2.47. The van der Waals surface area contributed by atoms with Crippen molar-refractivity contribution in [3.63, 3.8) is 0 Å². The number of nitrogens with zero attached hydrogens (tertiary/aromatic N) is 2. The van der Waals surface area contributed by atoms with Gasteiger partial charge in [0.15, 0.2) is 0 Å². The van der Waals surface area contributed by atoms with Crippen LogP contribution in [0.5, 0.6) is 0 Å². The third kappa shape index (κ3) is 3.13. The van der Waals surface area contributed by atoms with Gasteiger partial charge in [0.05, 0.1) is 5.92 Å². The van der Waals surface area contributed by atoms with E-state index in [2.05, 4.69) is 11.9 Å². The van der Waals surface area contributed by atoms with Gasteiger partial charge in [0, 0.05) is 31.6 Å². The fourth-order valence-corrected chi connectivity index (χ4v) is 2.66. The highest BCUT2D eigenvalue weighted by atomic mass is 16.3. The Morgan fingerprint density at radius 3 is 3.00 bits per heavy atom. The second-order valence-electron chi connectivity index (χ2n) is 5.47. The summed E-state index contributed by atoms with van der Waals surface area (Å²) in [6.45, 7) is 4.84. The number of carbonyl (C=O) groups is 1. The first-order valence-electron chi connectivity index (χ1n) is 6.94. The Bertz CT molecular complexity index is 421. The van der Waals surface area contributed by atoms with Crippen LogP contribution in [0.1, 0.15) is 38.2 Å². The van der Waals surface area contributed by atoms with Crippen LogP contribution in [-0.2, 0) is 4.79 Å². The monoisotopic (exact) mass is 262 g/mol. The Morgan fingerprint density at radius 2 is 2.37 bits per heavy atom. The van der Waals surface area contributed by atoms with Crippen molar-refractivity contribution < 1.29 is 9.90 Å². The molecule has 1 N–H and O–H groups in total. The van der Waals surface area contributed by atoms with Crippen molar-refractivity contribution in [3.8, 4) is 0 Å². The van der Waals surface area contributed by atoms with Crippen LogP contribution in [0.25, 0.3) is 0 Å². The number of carbonyl (C=O) groups excluding carboxylic acids is 1. The first kappa shape index (κ1) is 14.0. The maximum Gasteiger partial charge on any atom is 0.230 e. The first-order valence-corrected chi connectivity index (χ1v) is 6.94. The van der Waals surface area contributed by atoms with E-state index in [-0.39, 0.29) is 30.4 Å². The van der Waals surface area contributed by atoms with E-state index in [4.69, 9.17) is 0 Å². The number of likely N-dealkylation sites (tertiary alicyclic amines) is 1. The summed E-state index contributed by atoms with van der Waals surface area (Å²) in [6, 6.07) is 4.05. The summed E-state index contributed by atoms with van der Waals surface area (Å²) in [7, 11) is 0. The summed E-state index contributed by atoms with van der Waals surface area (Å²) in [5.74, 6) is 0.188. The van der Waals surface area contributed by atoms with Crippen molar-refractivity contribution in [3.05, 3.63) is 30.1 Å². The van der Waals surface area contributed by atoms with Crippen molar-refractivity contribution in [2.45, 2.75) is 38.6 Å². The van der Waals surface area contributed by atoms with Crippen LogP contribution >= 0.6 is 0 Å². The van der Waals surface area contributed by atoms with E-state index in [1.54, 1.807) is 12.4 Å². The molecule has 1 aromatic heterocycles. The van der Waals surface area contributed by atoms with E-state index >= 15 is 0 Å². The molecule has 4 nitrogen and oxygen atoms in total. The molecule has 1 aliphatic rings. The third-order valence-electron chi connectivity index (χ3n) is 4.08. The fourth-order valence-electron chi connectivity index (χ4n) is 2.66. The van der Waals surface area contributed by atoms with E-state index in [1.807, 2.05) is 24.0 Å². The fraction of sp³-hybridized carbons (Fsp3) is 0.600. The molecule has 104 valence electrons. The van der Waals surface area contributed by atoms with Gasteiger partial charge in [0.25, 0.3) is 0 Å². The predicted molar refractivity (Wildman–Crippen MR) is 73.6 cm³/mol. The SMILES string of the molecule is CC(C(=O)N1CC(CO)CCC1C)c1cccnc1. The van der Waals surface area contributed by atoms with Gasteiger partial charge < -0.3 is 10.0 Å². The molecule has 3 unspecified atom stereocenters. The van der Waals surface area contributed by atoms with Crippen LogP contribution in [0.3, 0.4) is 0 Å². The van der Waals surface area contributed by atoms with E-state index < -0.39 is 0 Å². The zero-order valence-electron chi connectivity index (χ0n) is 11.6. The normalized spacial score (nSPS) is 25.1. The van der Waals surface area contributed by atoms with Gasteiger partial charge in [0.2, 0.25) is 5.91 Å². The molecule has 1 aromatic rings. The van der Waals surface area contributed by atoms with Gasteiger partial charge in [-0.1, -0.05) is 6.07 Å². The number of aliphatic hydroxyl groups excluding tert-OH is 1. The zero-order chi connectivity index (χ0) is 13.8. The number of hydrogen-bond donors (Lipinski definition) is 1. The number of amides is 1. The van der Waals surface area contributed by atoms with Gasteiger partial charge in [-0.3, -0.25) is 9.78 Å². The molecule has 2 rings (SSSR count). The summed E-state index contributed by atoms with van der Waals surface area (Å²) in [6.07, 6.45) is 5.44. The van der Waals surface area contributed by atoms with E-state index in [0.29, 0.717) is 6.54 Å². The number of aliphatic hydroxyl groups is 1. The molecule has 0 saturated carbocycles. The molecule has 3 atom stereocenters. The molecule has 0 spiro atoms. The second-order valence-corrected chi connectivity index (χ2v) is 5.47. The minimum Gasteiger partial charge on any atom is -0.396 e. The highest BCUT2D eigenvalue weighted by molar-refractivity contribution is 5.83. The van der Waals surface area contributed by atoms with Crippen molar-refractivity contribution in [1.82, 2.24) is 9.88 Å². The Balaban J connectivity index is 2.09. The number of aromatic nitrogens is 1. The average molecular weight is 262 g/mol. The largest absolute Gasteiger partial charge is 0.396 e. The van der Waals surface area contributed by atoms with Crippen molar-refractivity contribution in [2.75, 3.05) is 13.2 Å². The van der Waals surface area contributed by atoms with Gasteiger partial charge >= 0.3 is 0 Å². The van der Waals surface area contributed by atoms with Gasteiger partial charge in [-0.2, -0.15) is 0 Å². The molecule has 1 fully saturated rings. The number of hydrogen-bond acceptors (Lipinski definition) is 3. The average Bonchev–Trinajstić information content (AvgIpc) is 2.47. The Labute approximate surface area is 114 Å². The Morgan fingerprint density at radius 1 is 1.58 bits per heavy atom. The molecule has 1 saturated heterocycles. The first-order chi connectivity index (χ1) is 9.13. The summed E-state index contributed by atoms with van der Waals surface area (Å²) in [5.41, 5.74) is 0.950. The Kier molecular flexibility index (Phi) is 4.53. The van der Waals surface area contributed by atoms with Gasteiger partial charge in [-0.05, 0) is 44.2 Å². The number of rotatable bonds is 3. The van der Waals surface area contributed by atoms with E-state index in [9.17, 15) is 9.90 Å². The molecular formula is C15H22N2O2. The van der Waals surface area contributed by atoms with Gasteiger partial charge in [0.1, 0.15) is 0 Å². The molecule has 0 radical (unpaired) electrons. The maximum atomic E-state index is 12.6. The lowest BCUT2D eigenvalue weighted by atomic mass is 9.91. The molecule has 1 amide bonds. The lowest BCUT2D eigenvalue weighted by Gasteiger charge is -2.38. The number of pyridine rings is 1. The predicted octanol–water partition coefficient (Wildman–Crippen LogP) is 1.80. The van der Waals surface area contributed by atoms with Crippen molar-refractivity contribution in [2.24, 2.45) is 5.92 Å². The molecule has 0 bridgehead atoms. The van der Waals surface area contributed by atoms with Crippen LogP contribution in [0.4, 0.5) is 0 Å². The molecule has 2 heterocycles. The minimum absolute atomic E-state index is 0.138. The number of piperidine rings is 1. The van der Waals surface area contributed by atoms with Gasteiger partial charge in [-0.15, -0.1) is 0 Å². The lowest BCUT2D eigenvalue weighted by molar-refractivity contribution is -0.137. The highest BCUT2D eigenvalue weighted by Gasteiger charge is 2.31. The third-order valence-corrected chi connectivity index (χ3v) is 4.08. The zero-order valence-corrected chi connectivity index (χ0v) is 11.6. The van der Waals surface area contributed by atoms with E-state index in [0.717, 1.165) is 18.4 Å². The molecule has 19 heavy (non-hydrogen) atoms. The molecule has 0 aliphatic carbocycles. The van der Waals surface area contributed by atoms with Gasteiger partial charge in [-0.25, -0.2) is 0 Å². The highest BCUT2D eigenvalue weighted by Crippen LogP contribution is 2.26. The van der Waals surface area contributed by atoms with Crippen LogP contribution in [0.15, 0.2) is 24.5 Å². The van der Waals surface area contributed by atoms with Crippen molar-refractivity contribution >= 4 is 5.91 Å². The summed E-state index contributed by atoms with van der Waals surface area (Å²) in [4.78, 5) is 18.6. The van der Waals surface area contributed by atoms with E-state index in [1.165, 1.54) is 0 Å². The van der Waals surface area contributed by atoms with Crippen LogP contribution in [0, 0.1) is 5.92 Å². The van der Waals surface area contributed by atoms with Crippen LogP contribution in [-0.4, -0.2) is 40.1 Å². The Hall–Kier alpha value is -1.42. The molecule has 1 aliphatic heterocycles. The summed E-state index contributed by atoms with van der Waals surface area (Å²) >= 11 is 0. The standard InChI is InChI=1S/C15H22N2O2/c1-11-5-6-13(10-18)9-17(11)15(19)12(2)14-4-3-7-16-8-14/h3-4,7-8,11-13,18H,5-6,9-10H2,1-2H3.